The number of aryl methyl sites for hydroxylation is 1. The van der Waals surface area contributed by atoms with Gasteiger partial charge in [-0.1, -0.05) is 35.9 Å². The zero-order chi connectivity index (χ0) is 16.1. The molecule has 2 N–H and O–H groups in total. The predicted octanol–water partition coefficient (Wildman–Crippen LogP) is 2.99. The zero-order valence-electron chi connectivity index (χ0n) is 11.9. The van der Waals surface area contributed by atoms with E-state index >= 15 is 0 Å². The summed E-state index contributed by atoms with van der Waals surface area (Å²) in [5.74, 6) is -1.46. The lowest BCUT2D eigenvalue weighted by atomic mass is 10.0. The van der Waals surface area contributed by atoms with E-state index in [9.17, 15) is 9.59 Å². The van der Waals surface area contributed by atoms with E-state index in [2.05, 4.69) is 10.3 Å². The molecule has 22 heavy (non-hydrogen) atoms. The van der Waals surface area contributed by atoms with Crippen molar-refractivity contribution < 1.29 is 14.7 Å². The molecular formula is C16H15ClN2O3. The van der Waals surface area contributed by atoms with Crippen LogP contribution in [0.15, 0.2) is 42.5 Å². The first-order valence-corrected chi connectivity index (χ1v) is 7.06. The number of carboxylic acids is 1. The third-order valence-electron chi connectivity index (χ3n) is 3.09. The summed E-state index contributed by atoms with van der Waals surface area (Å²) in [6, 6.07) is 11.2. The van der Waals surface area contributed by atoms with Gasteiger partial charge in [0.2, 0.25) is 0 Å². The third-order valence-corrected chi connectivity index (χ3v) is 3.43. The number of halogens is 1. The van der Waals surface area contributed by atoms with Gasteiger partial charge in [0.05, 0.1) is 12.5 Å². The molecule has 1 heterocycles. The number of nitrogens with one attached hydrogen (secondary N) is 1. The van der Waals surface area contributed by atoms with Gasteiger partial charge < -0.3 is 10.4 Å². The second-order valence-corrected chi connectivity index (χ2v) is 5.22. The molecule has 1 aromatic carbocycles. The summed E-state index contributed by atoms with van der Waals surface area (Å²) in [5.41, 5.74) is 1.51. The average Bonchev–Trinajstić information content (AvgIpc) is 2.46. The van der Waals surface area contributed by atoms with Crippen LogP contribution in [0.2, 0.25) is 5.02 Å². The van der Waals surface area contributed by atoms with Crippen molar-refractivity contribution in [2.75, 3.05) is 0 Å². The van der Waals surface area contributed by atoms with E-state index in [0.717, 1.165) is 0 Å². The smallest absolute Gasteiger partial charge is 0.305 e. The molecule has 0 unspecified atom stereocenters. The molecule has 0 spiro atoms. The number of nitrogens with zero attached hydrogens (tertiary/aromatic N) is 1. The maximum atomic E-state index is 12.3. The monoisotopic (exact) mass is 318 g/mol. The quantitative estimate of drug-likeness (QED) is 0.888. The number of carbonyl (C=O) groups excluding carboxylic acids is 1. The highest BCUT2D eigenvalue weighted by atomic mass is 35.5. The Balaban J connectivity index is 2.25. The molecule has 6 heteroatoms. The number of hydrogen-bond donors (Lipinski definition) is 2. The molecule has 5 nitrogen and oxygen atoms in total. The highest BCUT2D eigenvalue weighted by Crippen LogP contribution is 2.25. The van der Waals surface area contributed by atoms with Gasteiger partial charge in [0.15, 0.2) is 0 Å². The van der Waals surface area contributed by atoms with Crippen molar-refractivity contribution in [1.82, 2.24) is 10.3 Å². The molecule has 0 radical (unpaired) electrons. The van der Waals surface area contributed by atoms with E-state index in [4.69, 9.17) is 16.7 Å². The molecule has 0 saturated heterocycles. The molecule has 2 aromatic rings. The summed E-state index contributed by atoms with van der Waals surface area (Å²) in [4.78, 5) is 27.4. The molecule has 0 aliphatic carbocycles. The fourth-order valence-corrected chi connectivity index (χ4v) is 2.34. The number of carboxylic acid groups (broad SMARTS) is 1. The molecule has 1 amide bonds. The molecule has 0 aliphatic heterocycles. The van der Waals surface area contributed by atoms with E-state index in [1.165, 1.54) is 0 Å². The van der Waals surface area contributed by atoms with Crippen LogP contribution in [0.1, 0.15) is 34.2 Å². The van der Waals surface area contributed by atoms with Gasteiger partial charge in [-0.05, 0) is 30.7 Å². The van der Waals surface area contributed by atoms with E-state index in [1.54, 1.807) is 49.4 Å². The highest BCUT2D eigenvalue weighted by molar-refractivity contribution is 6.31. The lowest BCUT2D eigenvalue weighted by molar-refractivity contribution is -0.137. The number of hydrogen-bond acceptors (Lipinski definition) is 3. The molecule has 1 atom stereocenters. The van der Waals surface area contributed by atoms with Gasteiger partial charge in [-0.25, -0.2) is 4.98 Å². The fraction of sp³-hybridized carbons (Fsp3) is 0.188. The largest absolute Gasteiger partial charge is 0.481 e. The average molecular weight is 319 g/mol. The Bertz CT molecular complexity index is 703. The standard InChI is InChI=1S/C16H15ClN2O3/c1-10-5-4-8-13(18-10)16(22)19-14(9-15(20)21)11-6-2-3-7-12(11)17/h2-8,14H,9H2,1H3,(H,19,22)(H,20,21)/t14-/m1/s1. The zero-order valence-corrected chi connectivity index (χ0v) is 12.7. The Labute approximate surface area is 133 Å². The Kier molecular flexibility index (Phi) is 5.12. The normalized spacial score (nSPS) is 11.7. The molecule has 114 valence electrons. The topological polar surface area (TPSA) is 79.3 Å². The molecule has 0 saturated carbocycles. The molecular weight excluding hydrogens is 304 g/mol. The van der Waals surface area contributed by atoms with E-state index in [0.29, 0.717) is 16.3 Å². The summed E-state index contributed by atoms with van der Waals surface area (Å²) in [6.07, 6.45) is -0.263. The number of pyridine rings is 1. The lowest BCUT2D eigenvalue weighted by Gasteiger charge is -2.18. The first kappa shape index (κ1) is 16.0. The van der Waals surface area contributed by atoms with Crippen molar-refractivity contribution in [2.45, 2.75) is 19.4 Å². The van der Waals surface area contributed by atoms with E-state index in [1.807, 2.05) is 0 Å². The van der Waals surface area contributed by atoms with Crippen LogP contribution in [0.25, 0.3) is 0 Å². The minimum atomic E-state index is -1.03. The van der Waals surface area contributed by atoms with Crippen LogP contribution in [0.5, 0.6) is 0 Å². The fourth-order valence-electron chi connectivity index (χ4n) is 2.07. The first-order chi connectivity index (χ1) is 10.5. The van der Waals surface area contributed by atoms with Crippen molar-refractivity contribution in [2.24, 2.45) is 0 Å². The minimum Gasteiger partial charge on any atom is -0.481 e. The number of amides is 1. The number of aliphatic carboxylic acids is 1. The van der Waals surface area contributed by atoms with Gasteiger partial charge in [0, 0.05) is 10.7 Å². The number of rotatable bonds is 5. The van der Waals surface area contributed by atoms with Gasteiger partial charge in [-0.15, -0.1) is 0 Å². The van der Waals surface area contributed by atoms with Crippen molar-refractivity contribution in [3.63, 3.8) is 0 Å². The van der Waals surface area contributed by atoms with Gasteiger partial charge in [-0.2, -0.15) is 0 Å². The second kappa shape index (κ2) is 7.04. The lowest BCUT2D eigenvalue weighted by Crippen LogP contribution is -2.31. The molecule has 0 bridgehead atoms. The molecule has 0 fully saturated rings. The van der Waals surface area contributed by atoms with E-state index in [-0.39, 0.29) is 12.1 Å². The van der Waals surface area contributed by atoms with Crippen LogP contribution in [-0.4, -0.2) is 22.0 Å². The van der Waals surface area contributed by atoms with Crippen molar-refractivity contribution in [1.29, 1.82) is 0 Å². The van der Waals surface area contributed by atoms with Crippen molar-refractivity contribution >= 4 is 23.5 Å². The van der Waals surface area contributed by atoms with E-state index < -0.39 is 17.9 Å². The number of carbonyl (C=O) groups is 2. The first-order valence-electron chi connectivity index (χ1n) is 6.68. The summed E-state index contributed by atoms with van der Waals surface area (Å²) in [7, 11) is 0. The maximum absolute atomic E-state index is 12.3. The van der Waals surface area contributed by atoms with Crippen LogP contribution in [0, 0.1) is 6.92 Å². The van der Waals surface area contributed by atoms with Crippen LogP contribution in [0.3, 0.4) is 0 Å². The summed E-state index contributed by atoms with van der Waals surface area (Å²) >= 11 is 6.10. The van der Waals surface area contributed by atoms with Crippen molar-refractivity contribution in [3.8, 4) is 0 Å². The Morgan fingerprint density at radius 1 is 1.23 bits per heavy atom. The van der Waals surface area contributed by atoms with Gasteiger partial charge >= 0.3 is 5.97 Å². The summed E-state index contributed by atoms with van der Waals surface area (Å²) < 4.78 is 0. The Hall–Kier alpha value is -2.40. The summed E-state index contributed by atoms with van der Waals surface area (Å²) in [5, 5.41) is 12.1. The second-order valence-electron chi connectivity index (χ2n) is 4.81. The molecule has 2 rings (SSSR count). The summed E-state index contributed by atoms with van der Waals surface area (Å²) in [6.45, 7) is 1.78. The van der Waals surface area contributed by atoms with Gasteiger partial charge in [-0.3, -0.25) is 9.59 Å². The highest BCUT2D eigenvalue weighted by Gasteiger charge is 2.21. The number of aromatic nitrogens is 1. The van der Waals surface area contributed by atoms with Crippen molar-refractivity contribution in [3.05, 3.63) is 64.4 Å². The molecule has 1 aromatic heterocycles. The predicted molar refractivity (Wildman–Crippen MR) is 82.9 cm³/mol. The Morgan fingerprint density at radius 2 is 1.95 bits per heavy atom. The molecule has 0 aliphatic rings. The maximum Gasteiger partial charge on any atom is 0.305 e. The van der Waals surface area contributed by atoms with Gasteiger partial charge in [0.1, 0.15) is 5.69 Å². The van der Waals surface area contributed by atoms with Crippen LogP contribution in [0.4, 0.5) is 0 Å². The SMILES string of the molecule is Cc1cccc(C(=O)N[C@H](CC(=O)O)c2ccccc2Cl)n1. The van der Waals surface area contributed by atoms with Crippen LogP contribution < -0.4 is 5.32 Å². The minimum absolute atomic E-state index is 0.238. The Morgan fingerprint density at radius 3 is 2.59 bits per heavy atom. The third kappa shape index (κ3) is 4.05. The van der Waals surface area contributed by atoms with Crippen LogP contribution in [-0.2, 0) is 4.79 Å². The van der Waals surface area contributed by atoms with Crippen LogP contribution >= 0.6 is 11.6 Å². The number of benzene rings is 1. The van der Waals surface area contributed by atoms with Gasteiger partial charge in [0.25, 0.3) is 5.91 Å².